The van der Waals surface area contributed by atoms with Crippen LogP contribution in [0.2, 0.25) is 0 Å². The molecule has 0 saturated heterocycles. The molecule has 2 rings (SSSR count). The SMILES string of the molecule is C=CN1C(C(CC)OCc2ccsc2)=C(C)C(C(=O)OCCC)=C/C1=C/C. The summed E-state index contributed by atoms with van der Waals surface area (Å²) in [7, 11) is 0. The minimum absolute atomic E-state index is 0.152. The van der Waals surface area contributed by atoms with Gasteiger partial charge in [-0.25, -0.2) is 4.79 Å². The van der Waals surface area contributed by atoms with Crippen molar-refractivity contribution in [3.63, 3.8) is 0 Å². The number of allylic oxidation sites excluding steroid dienone is 2. The van der Waals surface area contributed by atoms with Crippen molar-refractivity contribution < 1.29 is 14.3 Å². The van der Waals surface area contributed by atoms with Crippen LogP contribution in [0.1, 0.15) is 46.1 Å². The lowest BCUT2D eigenvalue weighted by atomic mass is 9.95. The van der Waals surface area contributed by atoms with E-state index in [1.807, 2.05) is 43.2 Å². The Bertz CT molecular complexity index is 744. The molecule has 0 spiro atoms. The number of rotatable bonds is 9. The molecular weight excluding hydrogens is 358 g/mol. The van der Waals surface area contributed by atoms with E-state index >= 15 is 0 Å². The van der Waals surface area contributed by atoms with E-state index in [-0.39, 0.29) is 12.1 Å². The van der Waals surface area contributed by atoms with Gasteiger partial charge < -0.3 is 14.4 Å². The Labute approximate surface area is 166 Å². The maximum atomic E-state index is 12.6. The molecule has 0 N–H and O–H groups in total. The molecule has 0 saturated carbocycles. The predicted octanol–water partition coefficient (Wildman–Crippen LogP) is 5.56. The highest BCUT2D eigenvalue weighted by atomic mass is 32.1. The fourth-order valence-corrected chi connectivity index (χ4v) is 3.71. The van der Waals surface area contributed by atoms with Crippen LogP contribution in [-0.4, -0.2) is 23.6 Å². The molecule has 0 aromatic carbocycles. The van der Waals surface area contributed by atoms with Crippen LogP contribution in [0.3, 0.4) is 0 Å². The second-order valence-corrected chi connectivity index (χ2v) is 7.09. The average Bonchev–Trinajstić information content (AvgIpc) is 3.20. The Morgan fingerprint density at radius 1 is 1.41 bits per heavy atom. The Kier molecular flexibility index (Phi) is 8.07. The molecule has 146 valence electrons. The second kappa shape index (κ2) is 10.3. The molecular formula is C22H29NO3S. The van der Waals surface area contributed by atoms with Crippen molar-refractivity contribution in [1.29, 1.82) is 0 Å². The van der Waals surface area contributed by atoms with Crippen LogP contribution in [0.15, 0.2) is 64.3 Å². The first-order valence-corrected chi connectivity index (χ1v) is 10.3. The van der Waals surface area contributed by atoms with E-state index in [9.17, 15) is 4.79 Å². The summed E-state index contributed by atoms with van der Waals surface area (Å²) in [6.45, 7) is 12.9. The molecule has 0 radical (unpaired) electrons. The first-order chi connectivity index (χ1) is 13.1. The molecule has 1 unspecified atom stereocenters. The van der Waals surface area contributed by atoms with Gasteiger partial charge in [0.05, 0.1) is 30.6 Å². The molecule has 27 heavy (non-hydrogen) atoms. The third-order valence-electron chi connectivity index (χ3n) is 4.46. The molecule has 0 fully saturated rings. The largest absolute Gasteiger partial charge is 0.462 e. The summed E-state index contributed by atoms with van der Waals surface area (Å²) in [5.74, 6) is -0.289. The van der Waals surface area contributed by atoms with Crippen molar-refractivity contribution in [2.45, 2.75) is 53.2 Å². The monoisotopic (exact) mass is 387 g/mol. The molecule has 4 nitrogen and oxygen atoms in total. The minimum Gasteiger partial charge on any atom is -0.462 e. The van der Waals surface area contributed by atoms with Crippen LogP contribution < -0.4 is 0 Å². The molecule has 1 aromatic heterocycles. The smallest absolute Gasteiger partial charge is 0.338 e. The van der Waals surface area contributed by atoms with Gasteiger partial charge in [0.15, 0.2) is 0 Å². The van der Waals surface area contributed by atoms with Crippen molar-refractivity contribution in [1.82, 2.24) is 4.90 Å². The van der Waals surface area contributed by atoms with Crippen LogP contribution in [-0.2, 0) is 20.9 Å². The molecule has 2 heterocycles. The van der Waals surface area contributed by atoms with Crippen molar-refractivity contribution in [2.75, 3.05) is 6.61 Å². The number of nitrogens with zero attached hydrogens (tertiary/aromatic N) is 1. The topological polar surface area (TPSA) is 38.8 Å². The maximum Gasteiger partial charge on any atom is 0.338 e. The molecule has 1 aliphatic rings. The Morgan fingerprint density at radius 3 is 2.74 bits per heavy atom. The number of esters is 1. The number of carbonyl (C=O) groups is 1. The first-order valence-electron chi connectivity index (χ1n) is 9.38. The van der Waals surface area contributed by atoms with Gasteiger partial charge in [0.1, 0.15) is 0 Å². The highest BCUT2D eigenvalue weighted by molar-refractivity contribution is 7.07. The van der Waals surface area contributed by atoms with Crippen molar-refractivity contribution in [3.8, 4) is 0 Å². The lowest BCUT2D eigenvalue weighted by Crippen LogP contribution is -2.32. The summed E-state index contributed by atoms with van der Waals surface area (Å²) in [6.07, 6.45) is 7.04. The number of hydrogen-bond donors (Lipinski definition) is 0. The quantitative estimate of drug-likeness (QED) is 0.520. The predicted molar refractivity (Wildman–Crippen MR) is 111 cm³/mol. The molecule has 5 heteroatoms. The van der Waals surface area contributed by atoms with Crippen molar-refractivity contribution >= 4 is 17.3 Å². The van der Waals surface area contributed by atoms with E-state index in [1.165, 1.54) is 0 Å². The van der Waals surface area contributed by atoms with Gasteiger partial charge in [-0.1, -0.05) is 26.5 Å². The van der Waals surface area contributed by atoms with E-state index in [1.54, 1.807) is 17.5 Å². The Balaban J connectivity index is 2.37. The third kappa shape index (κ3) is 4.99. The number of hydrogen-bond acceptors (Lipinski definition) is 5. The van der Waals surface area contributed by atoms with Crippen LogP contribution in [0.5, 0.6) is 0 Å². The second-order valence-electron chi connectivity index (χ2n) is 6.31. The number of ether oxygens (including phenoxy) is 2. The molecule has 1 aromatic rings. The highest BCUT2D eigenvalue weighted by Crippen LogP contribution is 2.34. The Hall–Kier alpha value is -2.11. The summed E-state index contributed by atoms with van der Waals surface area (Å²) in [4.78, 5) is 14.6. The molecule has 1 atom stereocenters. The Morgan fingerprint density at radius 2 is 2.19 bits per heavy atom. The number of carbonyl (C=O) groups excluding carboxylic acids is 1. The van der Waals surface area contributed by atoms with Crippen LogP contribution >= 0.6 is 11.3 Å². The summed E-state index contributed by atoms with van der Waals surface area (Å²) in [5, 5.41) is 4.13. The van der Waals surface area contributed by atoms with Gasteiger partial charge in [-0.3, -0.25) is 0 Å². The van der Waals surface area contributed by atoms with Gasteiger partial charge in [0.25, 0.3) is 0 Å². The normalized spacial score (nSPS) is 17.1. The molecule has 1 aliphatic heterocycles. The average molecular weight is 388 g/mol. The van der Waals surface area contributed by atoms with E-state index in [0.717, 1.165) is 35.4 Å². The highest BCUT2D eigenvalue weighted by Gasteiger charge is 2.30. The van der Waals surface area contributed by atoms with Crippen molar-refractivity contribution in [3.05, 3.63) is 69.9 Å². The maximum absolute atomic E-state index is 12.6. The molecule has 0 aliphatic carbocycles. The van der Waals surface area contributed by atoms with Gasteiger partial charge in [-0.2, -0.15) is 11.3 Å². The van der Waals surface area contributed by atoms with Gasteiger partial charge in [-0.05, 0) is 60.7 Å². The summed E-state index contributed by atoms with van der Waals surface area (Å²) < 4.78 is 11.6. The summed E-state index contributed by atoms with van der Waals surface area (Å²) >= 11 is 1.66. The lowest BCUT2D eigenvalue weighted by molar-refractivity contribution is -0.138. The van der Waals surface area contributed by atoms with E-state index in [2.05, 4.69) is 24.9 Å². The van der Waals surface area contributed by atoms with Gasteiger partial charge >= 0.3 is 5.97 Å². The standard InChI is InChI=1S/C22H29NO3S/c1-6-11-25-22(24)19-13-18(7-2)23(9-4)21(16(19)5)20(8-3)26-14-17-10-12-27-15-17/h7,9-10,12-13,15,20H,4,6,8,11,14H2,1-3,5H3/b18-7-. The van der Waals surface area contributed by atoms with E-state index in [4.69, 9.17) is 9.47 Å². The van der Waals surface area contributed by atoms with E-state index in [0.29, 0.717) is 18.8 Å². The zero-order chi connectivity index (χ0) is 19.8. The molecule has 0 amide bonds. The van der Waals surface area contributed by atoms with Crippen LogP contribution in [0, 0.1) is 0 Å². The minimum atomic E-state index is -0.289. The fourth-order valence-electron chi connectivity index (χ4n) is 3.05. The molecule has 0 bridgehead atoms. The zero-order valence-corrected chi connectivity index (χ0v) is 17.5. The fraction of sp³-hybridized carbons (Fsp3) is 0.409. The zero-order valence-electron chi connectivity index (χ0n) is 16.7. The summed E-state index contributed by atoms with van der Waals surface area (Å²) in [6, 6.07) is 2.07. The third-order valence-corrected chi connectivity index (χ3v) is 5.19. The van der Waals surface area contributed by atoms with E-state index < -0.39 is 0 Å². The van der Waals surface area contributed by atoms with Gasteiger partial charge in [-0.15, -0.1) is 0 Å². The van der Waals surface area contributed by atoms with Crippen LogP contribution in [0.25, 0.3) is 0 Å². The number of thiophene rings is 1. The lowest BCUT2D eigenvalue weighted by Gasteiger charge is -2.35. The van der Waals surface area contributed by atoms with Gasteiger partial charge in [0, 0.05) is 11.9 Å². The summed E-state index contributed by atoms with van der Waals surface area (Å²) in [5.41, 5.74) is 4.46. The van der Waals surface area contributed by atoms with Crippen molar-refractivity contribution in [2.24, 2.45) is 0 Å². The van der Waals surface area contributed by atoms with Crippen LogP contribution in [0.4, 0.5) is 0 Å². The van der Waals surface area contributed by atoms with Gasteiger partial charge in [0.2, 0.25) is 0 Å². The first kappa shape index (κ1) is 21.2.